The molecule has 2 rings (SSSR count). The number of hydrogen-bond donors (Lipinski definition) is 0. The van der Waals surface area contributed by atoms with Crippen LogP contribution in [0, 0.1) is 0 Å². The van der Waals surface area contributed by atoms with Crippen molar-refractivity contribution in [3.05, 3.63) is 46.4 Å². The lowest BCUT2D eigenvalue weighted by Gasteiger charge is -2.21. The van der Waals surface area contributed by atoms with Crippen molar-refractivity contribution >= 4 is 23.2 Å². The van der Waals surface area contributed by atoms with Gasteiger partial charge in [-0.2, -0.15) is 0 Å². The fraction of sp³-hybridized carbons (Fsp3) is 0.353. The summed E-state index contributed by atoms with van der Waals surface area (Å²) in [6, 6.07) is 6.72. The molecule has 128 valence electrons. The second-order valence-electron chi connectivity index (χ2n) is 5.47. The van der Waals surface area contributed by atoms with E-state index >= 15 is 0 Å². The minimum atomic E-state index is -0.556. The Labute approximate surface area is 145 Å². The van der Waals surface area contributed by atoms with Crippen LogP contribution in [0.3, 0.4) is 0 Å². The molecule has 0 spiro atoms. The molecule has 0 radical (unpaired) electrons. The number of likely N-dealkylation sites (N-methyl/N-ethyl adjacent to an activating group) is 1. The van der Waals surface area contributed by atoms with Crippen LogP contribution in [0.2, 0.25) is 0 Å². The second kappa shape index (κ2) is 8.44. The number of carbonyl (C=O) groups excluding carboxylic acids is 2. The van der Waals surface area contributed by atoms with Crippen molar-refractivity contribution in [2.45, 2.75) is 26.5 Å². The first kappa shape index (κ1) is 17.9. The molecule has 1 aromatic carbocycles. The van der Waals surface area contributed by atoms with E-state index in [1.807, 2.05) is 19.2 Å². The molecule has 2 aromatic rings. The molecule has 0 saturated heterocycles. The van der Waals surface area contributed by atoms with Gasteiger partial charge in [-0.3, -0.25) is 4.79 Å². The Morgan fingerprint density at radius 1 is 1.33 bits per heavy atom. The van der Waals surface area contributed by atoms with E-state index in [1.54, 1.807) is 36.8 Å². The fourth-order valence-electron chi connectivity index (χ4n) is 1.78. The minimum Gasteiger partial charge on any atom is -0.487 e. The molecule has 0 N–H and O–H groups in total. The molecule has 0 aliphatic heterocycles. The summed E-state index contributed by atoms with van der Waals surface area (Å²) in [5.74, 6) is -0.253. The molecular formula is C17H20N2O4S. The van der Waals surface area contributed by atoms with Crippen LogP contribution in [0.25, 0.3) is 0 Å². The van der Waals surface area contributed by atoms with Crippen molar-refractivity contribution in [1.29, 1.82) is 0 Å². The van der Waals surface area contributed by atoms with E-state index < -0.39 is 5.97 Å². The molecule has 0 saturated carbocycles. The number of benzene rings is 1. The Hall–Kier alpha value is -2.41. The first-order valence-corrected chi connectivity index (χ1v) is 8.44. The van der Waals surface area contributed by atoms with E-state index in [1.165, 1.54) is 16.2 Å². The van der Waals surface area contributed by atoms with Gasteiger partial charge in [0.2, 0.25) is 0 Å². The van der Waals surface area contributed by atoms with Crippen LogP contribution >= 0.6 is 11.3 Å². The molecular weight excluding hydrogens is 328 g/mol. The molecule has 1 amide bonds. The molecule has 0 unspecified atom stereocenters. The van der Waals surface area contributed by atoms with Gasteiger partial charge in [0.15, 0.2) is 6.61 Å². The van der Waals surface area contributed by atoms with Gasteiger partial charge >= 0.3 is 5.97 Å². The van der Waals surface area contributed by atoms with Crippen molar-refractivity contribution in [2.24, 2.45) is 0 Å². The van der Waals surface area contributed by atoms with Crippen LogP contribution in [0.5, 0.6) is 5.75 Å². The molecule has 24 heavy (non-hydrogen) atoms. The molecule has 0 bridgehead atoms. The van der Waals surface area contributed by atoms with Gasteiger partial charge in [-0.25, -0.2) is 9.78 Å². The Morgan fingerprint density at radius 2 is 2.12 bits per heavy atom. The average Bonchev–Trinajstić information content (AvgIpc) is 3.10. The number of nitrogens with zero attached hydrogens (tertiary/aromatic N) is 2. The molecule has 1 aromatic heterocycles. The van der Waals surface area contributed by atoms with Gasteiger partial charge in [-0.05, 0) is 32.0 Å². The van der Waals surface area contributed by atoms with Crippen LogP contribution < -0.4 is 4.74 Å². The smallest absolute Gasteiger partial charge is 0.338 e. The number of aromatic nitrogens is 1. The summed E-state index contributed by atoms with van der Waals surface area (Å²) in [5.41, 5.74) is 2.90. The van der Waals surface area contributed by atoms with Gasteiger partial charge in [-0.15, -0.1) is 11.3 Å². The summed E-state index contributed by atoms with van der Waals surface area (Å²) in [7, 11) is 1.67. The number of hydrogen-bond acceptors (Lipinski definition) is 6. The van der Waals surface area contributed by atoms with E-state index in [9.17, 15) is 9.59 Å². The number of esters is 1. The number of ether oxygens (including phenoxy) is 2. The molecule has 7 heteroatoms. The van der Waals surface area contributed by atoms with Crippen LogP contribution in [0.4, 0.5) is 0 Å². The van der Waals surface area contributed by atoms with Gasteiger partial charge in [0.1, 0.15) is 12.4 Å². The Morgan fingerprint density at radius 3 is 2.79 bits per heavy atom. The minimum absolute atomic E-state index is 0.0543. The lowest BCUT2D eigenvalue weighted by atomic mass is 10.2. The average molecular weight is 348 g/mol. The topological polar surface area (TPSA) is 68.7 Å². The van der Waals surface area contributed by atoms with Crippen LogP contribution in [-0.4, -0.2) is 41.5 Å². The fourth-order valence-corrected chi connectivity index (χ4v) is 2.32. The van der Waals surface area contributed by atoms with Crippen LogP contribution in [0.15, 0.2) is 35.2 Å². The summed E-state index contributed by atoms with van der Waals surface area (Å²) in [6.45, 7) is 3.84. The van der Waals surface area contributed by atoms with Crippen molar-refractivity contribution in [1.82, 2.24) is 9.88 Å². The highest BCUT2D eigenvalue weighted by Crippen LogP contribution is 2.16. The normalized spacial score (nSPS) is 10.5. The maximum atomic E-state index is 12.1. The first-order chi connectivity index (χ1) is 11.5. The maximum absolute atomic E-state index is 12.1. The van der Waals surface area contributed by atoms with Crippen LogP contribution in [-0.2, 0) is 16.1 Å². The predicted octanol–water partition coefficient (Wildman–Crippen LogP) is 2.75. The quantitative estimate of drug-likeness (QED) is 0.720. The largest absolute Gasteiger partial charge is 0.487 e. The third-order valence-electron chi connectivity index (χ3n) is 3.43. The summed E-state index contributed by atoms with van der Waals surface area (Å²) >= 11 is 1.50. The Bertz CT molecular complexity index is 686. The van der Waals surface area contributed by atoms with E-state index in [0.29, 0.717) is 17.9 Å². The number of thiazole rings is 1. The van der Waals surface area contributed by atoms with E-state index in [-0.39, 0.29) is 18.6 Å². The molecule has 6 nitrogen and oxygen atoms in total. The molecule has 1 heterocycles. The third-order valence-corrected chi connectivity index (χ3v) is 4.07. The third kappa shape index (κ3) is 5.06. The first-order valence-electron chi connectivity index (χ1n) is 7.50. The summed E-state index contributed by atoms with van der Waals surface area (Å²) in [4.78, 5) is 29.6. The summed E-state index contributed by atoms with van der Waals surface area (Å²) in [6.07, 6.45) is 0. The molecule has 0 fully saturated rings. The maximum Gasteiger partial charge on any atom is 0.338 e. The highest BCUT2D eigenvalue weighted by Gasteiger charge is 2.15. The van der Waals surface area contributed by atoms with Crippen molar-refractivity contribution in [2.75, 3.05) is 13.7 Å². The predicted molar refractivity (Wildman–Crippen MR) is 91.1 cm³/mol. The lowest BCUT2D eigenvalue weighted by molar-refractivity contribution is -0.134. The Kier molecular flexibility index (Phi) is 6.31. The van der Waals surface area contributed by atoms with Gasteiger partial charge in [0, 0.05) is 18.5 Å². The summed E-state index contributed by atoms with van der Waals surface area (Å²) in [5, 5.41) is 1.90. The zero-order valence-electron chi connectivity index (χ0n) is 13.9. The second-order valence-corrected chi connectivity index (χ2v) is 6.19. The van der Waals surface area contributed by atoms with E-state index in [2.05, 4.69) is 4.98 Å². The van der Waals surface area contributed by atoms with Crippen LogP contribution in [0.1, 0.15) is 29.9 Å². The highest BCUT2D eigenvalue weighted by atomic mass is 32.1. The standard InChI is InChI=1S/C17H20N2O4S/c1-12(2)19(3)16(20)9-23-17(21)13-5-4-6-15(7-13)22-8-14-10-24-11-18-14/h4-7,10-12H,8-9H2,1-3H3. The number of amides is 1. The zero-order chi connectivity index (χ0) is 17.5. The van der Waals surface area contributed by atoms with Gasteiger partial charge in [0.25, 0.3) is 5.91 Å². The zero-order valence-corrected chi connectivity index (χ0v) is 14.7. The molecule has 0 aliphatic carbocycles. The number of rotatable bonds is 7. The van der Waals surface area contributed by atoms with E-state index in [4.69, 9.17) is 9.47 Å². The van der Waals surface area contributed by atoms with Crippen molar-refractivity contribution < 1.29 is 19.1 Å². The van der Waals surface area contributed by atoms with Crippen molar-refractivity contribution in [3.63, 3.8) is 0 Å². The molecule has 0 atom stereocenters. The van der Waals surface area contributed by atoms with Gasteiger partial charge < -0.3 is 14.4 Å². The monoisotopic (exact) mass is 348 g/mol. The SMILES string of the molecule is CC(C)N(C)C(=O)COC(=O)c1cccc(OCc2cscn2)c1. The van der Waals surface area contributed by atoms with Gasteiger partial charge in [0.05, 0.1) is 16.8 Å². The highest BCUT2D eigenvalue weighted by molar-refractivity contribution is 7.07. The lowest BCUT2D eigenvalue weighted by Crippen LogP contribution is -2.36. The Balaban J connectivity index is 1.90. The van der Waals surface area contributed by atoms with E-state index in [0.717, 1.165) is 5.69 Å². The summed E-state index contributed by atoms with van der Waals surface area (Å²) < 4.78 is 10.7. The number of carbonyl (C=O) groups is 2. The molecule has 0 aliphatic rings. The van der Waals surface area contributed by atoms with Gasteiger partial charge in [-0.1, -0.05) is 6.07 Å². The van der Waals surface area contributed by atoms with Crippen molar-refractivity contribution in [3.8, 4) is 5.75 Å².